The molecular weight excluding hydrogens is 332 g/mol. The number of nitrogens with one attached hydrogen (secondary N) is 1. The molecule has 0 unspecified atom stereocenters. The van der Waals surface area contributed by atoms with Crippen LogP contribution >= 0.6 is 0 Å². The van der Waals surface area contributed by atoms with Gasteiger partial charge in [0.25, 0.3) is 11.6 Å². The molecule has 1 aromatic heterocycles. The molecule has 1 saturated heterocycles. The normalized spacial score (nSPS) is 14.9. The van der Waals surface area contributed by atoms with Gasteiger partial charge in [-0.05, 0) is 43.9 Å². The molecule has 0 atom stereocenters. The molecule has 26 heavy (non-hydrogen) atoms. The van der Waals surface area contributed by atoms with Crippen molar-refractivity contribution >= 4 is 17.4 Å². The first kappa shape index (κ1) is 17.8. The molecule has 1 amide bonds. The summed E-state index contributed by atoms with van der Waals surface area (Å²) in [5.41, 5.74) is 1.36. The Kier molecular flexibility index (Phi) is 5.46. The summed E-state index contributed by atoms with van der Waals surface area (Å²) in [6.07, 6.45) is 3.15. The zero-order valence-corrected chi connectivity index (χ0v) is 14.7. The van der Waals surface area contributed by atoms with Crippen LogP contribution in [0.15, 0.2) is 42.6 Å². The lowest BCUT2D eigenvalue weighted by molar-refractivity contribution is -0.385. The predicted molar refractivity (Wildman–Crippen MR) is 99.2 cm³/mol. The number of rotatable bonds is 5. The summed E-state index contributed by atoms with van der Waals surface area (Å²) in [5.74, 6) is 1.19. The van der Waals surface area contributed by atoms with Crippen LogP contribution in [0.1, 0.15) is 28.8 Å². The van der Waals surface area contributed by atoms with Gasteiger partial charge in [0.15, 0.2) is 0 Å². The molecular formula is C19H22N4O3. The van der Waals surface area contributed by atoms with Crippen LogP contribution < -0.4 is 5.32 Å². The molecule has 0 radical (unpaired) electrons. The Morgan fingerprint density at radius 1 is 1.31 bits per heavy atom. The highest BCUT2D eigenvalue weighted by Crippen LogP contribution is 2.22. The van der Waals surface area contributed by atoms with Gasteiger partial charge in [0.05, 0.1) is 4.92 Å². The Hall–Kier alpha value is -2.96. The number of pyridine rings is 1. The van der Waals surface area contributed by atoms with Crippen molar-refractivity contribution < 1.29 is 9.72 Å². The second-order valence-electron chi connectivity index (χ2n) is 6.60. The van der Waals surface area contributed by atoms with Crippen molar-refractivity contribution in [1.82, 2.24) is 9.88 Å². The Morgan fingerprint density at radius 2 is 2.00 bits per heavy atom. The van der Waals surface area contributed by atoms with E-state index < -0.39 is 4.92 Å². The molecule has 1 N–H and O–H groups in total. The van der Waals surface area contributed by atoms with Gasteiger partial charge in [0.1, 0.15) is 12.0 Å². The van der Waals surface area contributed by atoms with Crippen LogP contribution in [0, 0.1) is 23.0 Å². The Bertz CT molecular complexity index is 787. The lowest BCUT2D eigenvalue weighted by Gasteiger charge is -2.32. The molecule has 0 bridgehead atoms. The number of nitrogens with zero attached hydrogens (tertiary/aromatic N) is 3. The zero-order valence-electron chi connectivity index (χ0n) is 14.7. The number of amides is 1. The fourth-order valence-corrected chi connectivity index (χ4v) is 3.19. The van der Waals surface area contributed by atoms with E-state index in [9.17, 15) is 14.9 Å². The molecule has 7 heteroatoms. The largest absolute Gasteiger partial charge is 0.370 e. The predicted octanol–water partition coefficient (Wildman–Crippen LogP) is 3.26. The standard InChI is InChI=1S/C19H22N4O3/c1-14-11-18(21-13-17(14)23(25)26)20-12-15-7-9-22(10-8-15)19(24)16-5-3-2-4-6-16/h2-6,11,13,15H,7-10,12H2,1H3,(H,20,21). The second-order valence-corrected chi connectivity index (χ2v) is 6.60. The fraction of sp³-hybridized carbons (Fsp3) is 0.368. The van der Waals surface area contributed by atoms with Crippen molar-refractivity contribution in [2.45, 2.75) is 19.8 Å². The molecule has 0 saturated carbocycles. The van der Waals surface area contributed by atoms with Gasteiger partial charge in [0.2, 0.25) is 0 Å². The highest BCUT2D eigenvalue weighted by Gasteiger charge is 2.23. The van der Waals surface area contributed by atoms with Crippen molar-refractivity contribution in [2.24, 2.45) is 5.92 Å². The van der Waals surface area contributed by atoms with E-state index >= 15 is 0 Å². The summed E-state index contributed by atoms with van der Waals surface area (Å²) >= 11 is 0. The SMILES string of the molecule is Cc1cc(NCC2CCN(C(=O)c3ccccc3)CC2)ncc1[N+](=O)[O-]. The first-order valence-electron chi connectivity index (χ1n) is 8.74. The second kappa shape index (κ2) is 7.95. The molecule has 2 aromatic rings. The van der Waals surface area contributed by atoms with Gasteiger partial charge < -0.3 is 10.2 Å². The van der Waals surface area contributed by atoms with Crippen molar-refractivity contribution in [3.63, 3.8) is 0 Å². The molecule has 1 fully saturated rings. The maximum absolute atomic E-state index is 12.5. The lowest BCUT2D eigenvalue weighted by Crippen LogP contribution is -2.39. The molecule has 1 aliphatic rings. The van der Waals surface area contributed by atoms with Gasteiger partial charge >= 0.3 is 0 Å². The summed E-state index contributed by atoms with van der Waals surface area (Å²) in [5, 5.41) is 14.1. The minimum Gasteiger partial charge on any atom is -0.370 e. The summed E-state index contributed by atoms with van der Waals surface area (Å²) in [7, 11) is 0. The number of hydrogen-bond donors (Lipinski definition) is 1. The smallest absolute Gasteiger partial charge is 0.290 e. The minimum atomic E-state index is -0.425. The van der Waals surface area contributed by atoms with Crippen LogP contribution in [-0.4, -0.2) is 40.3 Å². The van der Waals surface area contributed by atoms with Gasteiger partial charge in [-0.3, -0.25) is 14.9 Å². The molecule has 136 valence electrons. The zero-order chi connectivity index (χ0) is 18.5. The van der Waals surface area contributed by atoms with Crippen LogP contribution in [0.4, 0.5) is 11.5 Å². The van der Waals surface area contributed by atoms with Crippen LogP contribution in [0.25, 0.3) is 0 Å². The van der Waals surface area contributed by atoms with Gasteiger partial charge in [-0.15, -0.1) is 0 Å². The van der Waals surface area contributed by atoms with Crippen molar-refractivity contribution in [1.29, 1.82) is 0 Å². The Morgan fingerprint density at radius 3 is 2.62 bits per heavy atom. The van der Waals surface area contributed by atoms with E-state index in [1.165, 1.54) is 6.20 Å². The maximum atomic E-state index is 12.5. The maximum Gasteiger partial charge on any atom is 0.290 e. The van der Waals surface area contributed by atoms with Crippen molar-refractivity contribution in [2.75, 3.05) is 25.0 Å². The van der Waals surface area contributed by atoms with Crippen LogP contribution in [-0.2, 0) is 0 Å². The summed E-state index contributed by atoms with van der Waals surface area (Å²) in [6.45, 7) is 3.94. The number of likely N-dealkylation sites (tertiary alicyclic amines) is 1. The summed E-state index contributed by atoms with van der Waals surface area (Å²) in [6, 6.07) is 11.1. The van der Waals surface area contributed by atoms with E-state index in [-0.39, 0.29) is 11.6 Å². The Labute approximate surface area is 152 Å². The molecule has 1 aliphatic heterocycles. The highest BCUT2D eigenvalue weighted by molar-refractivity contribution is 5.94. The third kappa shape index (κ3) is 4.17. The number of anilines is 1. The van der Waals surface area contributed by atoms with Crippen molar-refractivity contribution in [3.8, 4) is 0 Å². The number of carbonyl (C=O) groups excluding carboxylic acids is 1. The number of aryl methyl sites for hydroxylation is 1. The van der Waals surface area contributed by atoms with Gasteiger partial charge in [0, 0.05) is 30.8 Å². The number of aromatic nitrogens is 1. The van der Waals surface area contributed by atoms with E-state index in [1.54, 1.807) is 13.0 Å². The molecule has 0 spiro atoms. The third-order valence-electron chi connectivity index (χ3n) is 4.77. The van der Waals surface area contributed by atoms with E-state index in [0.29, 0.717) is 17.3 Å². The summed E-state index contributed by atoms with van der Waals surface area (Å²) in [4.78, 5) is 28.9. The van der Waals surface area contributed by atoms with Crippen molar-refractivity contribution in [3.05, 3.63) is 63.8 Å². The number of hydrogen-bond acceptors (Lipinski definition) is 5. The Balaban J connectivity index is 1.49. The van der Waals surface area contributed by atoms with Gasteiger partial charge in [-0.25, -0.2) is 4.98 Å². The molecule has 0 aliphatic carbocycles. The molecule has 7 nitrogen and oxygen atoms in total. The average molecular weight is 354 g/mol. The molecule has 2 heterocycles. The summed E-state index contributed by atoms with van der Waals surface area (Å²) < 4.78 is 0. The average Bonchev–Trinajstić information content (AvgIpc) is 2.66. The van der Waals surface area contributed by atoms with E-state index in [0.717, 1.165) is 38.0 Å². The quantitative estimate of drug-likeness (QED) is 0.658. The monoisotopic (exact) mass is 354 g/mol. The van der Waals surface area contributed by atoms with E-state index in [2.05, 4.69) is 10.3 Å². The van der Waals surface area contributed by atoms with Crippen LogP contribution in [0.5, 0.6) is 0 Å². The topological polar surface area (TPSA) is 88.4 Å². The highest BCUT2D eigenvalue weighted by atomic mass is 16.6. The number of piperidine rings is 1. The van der Waals surface area contributed by atoms with E-state index in [4.69, 9.17) is 0 Å². The van der Waals surface area contributed by atoms with E-state index in [1.807, 2.05) is 35.2 Å². The van der Waals surface area contributed by atoms with Gasteiger partial charge in [-0.2, -0.15) is 0 Å². The first-order valence-corrected chi connectivity index (χ1v) is 8.74. The molecule has 1 aromatic carbocycles. The fourth-order valence-electron chi connectivity index (χ4n) is 3.19. The third-order valence-corrected chi connectivity index (χ3v) is 4.77. The van der Waals surface area contributed by atoms with Crippen LogP contribution in [0.2, 0.25) is 0 Å². The number of carbonyl (C=O) groups is 1. The van der Waals surface area contributed by atoms with Gasteiger partial charge in [-0.1, -0.05) is 18.2 Å². The first-order chi connectivity index (χ1) is 12.5. The molecule has 3 rings (SSSR count). The number of nitro groups is 1. The lowest BCUT2D eigenvalue weighted by atomic mass is 9.96. The number of benzene rings is 1. The van der Waals surface area contributed by atoms with Crippen LogP contribution in [0.3, 0.4) is 0 Å². The minimum absolute atomic E-state index is 0.0308.